The minimum Gasteiger partial charge on any atom is -0.507 e. The second kappa shape index (κ2) is 3.89. The maximum Gasteiger partial charge on any atom is 0.166 e. The van der Waals surface area contributed by atoms with Gasteiger partial charge in [-0.1, -0.05) is 18.2 Å². The lowest BCUT2D eigenvalue weighted by atomic mass is 10.0. The van der Waals surface area contributed by atoms with E-state index in [0.29, 0.717) is 6.07 Å². The minimum atomic E-state index is -1.28. The van der Waals surface area contributed by atoms with Gasteiger partial charge in [-0.05, 0) is 12.1 Å². The summed E-state index contributed by atoms with van der Waals surface area (Å²) < 4.78 is 39.3. The van der Waals surface area contributed by atoms with Crippen molar-refractivity contribution in [2.24, 2.45) is 0 Å². The second-order valence-corrected chi connectivity index (χ2v) is 3.27. The number of halogens is 3. The molecule has 0 saturated carbocycles. The first-order valence-corrected chi connectivity index (χ1v) is 4.52. The van der Waals surface area contributed by atoms with Crippen LogP contribution in [0.25, 0.3) is 11.1 Å². The lowest BCUT2D eigenvalue weighted by molar-refractivity contribution is 0.474. The zero-order valence-corrected chi connectivity index (χ0v) is 8.05. The van der Waals surface area contributed by atoms with Crippen LogP contribution in [0.3, 0.4) is 0 Å². The summed E-state index contributed by atoms with van der Waals surface area (Å²) in [5.74, 6) is -3.58. The van der Waals surface area contributed by atoms with E-state index in [2.05, 4.69) is 0 Å². The van der Waals surface area contributed by atoms with Crippen molar-refractivity contribution >= 4 is 0 Å². The highest BCUT2D eigenvalue weighted by molar-refractivity contribution is 5.70. The summed E-state index contributed by atoms with van der Waals surface area (Å²) in [5, 5.41) is 9.46. The van der Waals surface area contributed by atoms with Crippen molar-refractivity contribution in [3.8, 4) is 16.9 Å². The molecule has 2 rings (SSSR count). The molecule has 0 fully saturated rings. The van der Waals surface area contributed by atoms with Gasteiger partial charge in [0.05, 0.1) is 0 Å². The molecule has 0 spiro atoms. The van der Waals surface area contributed by atoms with E-state index in [1.165, 1.54) is 24.3 Å². The fourth-order valence-electron chi connectivity index (χ4n) is 1.45. The molecule has 1 N–H and O–H groups in total. The van der Waals surface area contributed by atoms with Crippen LogP contribution in [0.2, 0.25) is 0 Å². The van der Waals surface area contributed by atoms with Crippen molar-refractivity contribution in [1.29, 1.82) is 0 Å². The molecule has 4 heteroatoms. The predicted molar refractivity (Wildman–Crippen MR) is 53.4 cm³/mol. The van der Waals surface area contributed by atoms with Gasteiger partial charge in [-0.25, -0.2) is 13.2 Å². The molecule has 82 valence electrons. The normalized spacial score (nSPS) is 10.4. The lowest BCUT2D eigenvalue weighted by Crippen LogP contribution is -1.92. The van der Waals surface area contributed by atoms with E-state index in [-0.39, 0.29) is 16.9 Å². The Morgan fingerprint density at radius 2 is 1.56 bits per heavy atom. The standard InChI is InChI=1S/C12H7F3O/c13-7-5-9(12(15)10(14)6-7)8-3-1-2-4-11(8)16/h1-6,16H. The van der Waals surface area contributed by atoms with Gasteiger partial charge in [0, 0.05) is 17.2 Å². The molecule has 0 aliphatic carbocycles. The van der Waals surface area contributed by atoms with Crippen molar-refractivity contribution in [3.63, 3.8) is 0 Å². The zero-order valence-electron chi connectivity index (χ0n) is 8.05. The average molecular weight is 224 g/mol. The second-order valence-electron chi connectivity index (χ2n) is 3.27. The maximum atomic E-state index is 13.4. The van der Waals surface area contributed by atoms with Gasteiger partial charge < -0.3 is 5.11 Å². The molecule has 0 bridgehead atoms. The number of para-hydroxylation sites is 1. The first kappa shape index (κ1) is 10.5. The van der Waals surface area contributed by atoms with Crippen molar-refractivity contribution in [3.05, 3.63) is 53.8 Å². The summed E-state index contributed by atoms with van der Waals surface area (Å²) in [6.45, 7) is 0. The fraction of sp³-hybridized carbons (Fsp3) is 0. The first-order chi connectivity index (χ1) is 7.59. The highest BCUT2D eigenvalue weighted by Gasteiger charge is 2.14. The third-order valence-corrected chi connectivity index (χ3v) is 2.19. The maximum absolute atomic E-state index is 13.4. The Hall–Kier alpha value is -1.97. The van der Waals surface area contributed by atoms with E-state index in [1.807, 2.05) is 0 Å². The van der Waals surface area contributed by atoms with Crippen molar-refractivity contribution in [2.75, 3.05) is 0 Å². The number of aromatic hydroxyl groups is 1. The molecule has 0 aromatic heterocycles. The Bertz CT molecular complexity index is 538. The highest BCUT2D eigenvalue weighted by atomic mass is 19.2. The molecule has 0 heterocycles. The highest BCUT2D eigenvalue weighted by Crippen LogP contribution is 2.32. The van der Waals surface area contributed by atoms with Crippen molar-refractivity contribution in [2.45, 2.75) is 0 Å². The van der Waals surface area contributed by atoms with Crippen LogP contribution in [-0.4, -0.2) is 5.11 Å². The van der Waals surface area contributed by atoms with Gasteiger partial charge in [0.25, 0.3) is 0 Å². The molecular formula is C12H7F3O. The molecule has 2 aromatic carbocycles. The number of rotatable bonds is 1. The number of hydrogen-bond acceptors (Lipinski definition) is 1. The minimum absolute atomic E-state index is 0.0541. The first-order valence-electron chi connectivity index (χ1n) is 4.52. The zero-order chi connectivity index (χ0) is 11.7. The van der Waals surface area contributed by atoms with Crippen LogP contribution >= 0.6 is 0 Å². The third kappa shape index (κ3) is 1.74. The average Bonchev–Trinajstić information content (AvgIpc) is 2.24. The van der Waals surface area contributed by atoms with Crippen molar-refractivity contribution in [1.82, 2.24) is 0 Å². The van der Waals surface area contributed by atoms with Gasteiger partial charge in [0.2, 0.25) is 0 Å². The number of hydrogen-bond donors (Lipinski definition) is 1. The van der Waals surface area contributed by atoms with Crippen LogP contribution in [0.15, 0.2) is 36.4 Å². The quantitative estimate of drug-likeness (QED) is 0.735. The van der Waals surface area contributed by atoms with Gasteiger partial charge in [-0.2, -0.15) is 0 Å². The third-order valence-electron chi connectivity index (χ3n) is 2.19. The van der Waals surface area contributed by atoms with E-state index in [0.717, 1.165) is 6.07 Å². The molecule has 0 aliphatic heterocycles. The van der Waals surface area contributed by atoms with E-state index < -0.39 is 17.5 Å². The largest absolute Gasteiger partial charge is 0.507 e. The molecule has 16 heavy (non-hydrogen) atoms. The Morgan fingerprint density at radius 3 is 2.25 bits per heavy atom. The van der Waals surface area contributed by atoms with Crippen LogP contribution < -0.4 is 0 Å². The van der Waals surface area contributed by atoms with Gasteiger partial charge in [-0.15, -0.1) is 0 Å². The molecule has 0 unspecified atom stereocenters. The SMILES string of the molecule is Oc1ccccc1-c1cc(F)cc(F)c1F. The van der Waals surface area contributed by atoms with E-state index in [9.17, 15) is 18.3 Å². The van der Waals surface area contributed by atoms with Crippen LogP contribution in [0.1, 0.15) is 0 Å². The Balaban J connectivity index is 2.69. The summed E-state index contributed by atoms with van der Waals surface area (Å²) in [6, 6.07) is 7.07. The molecule has 0 amide bonds. The Morgan fingerprint density at radius 1 is 0.875 bits per heavy atom. The monoisotopic (exact) mass is 224 g/mol. The van der Waals surface area contributed by atoms with Gasteiger partial charge >= 0.3 is 0 Å². The molecule has 2 aromatic rings. The molecule has 1 nitrogen and oxygen atoms in total. The number of phenols is 1. The van der Waals surface area contributed by atoms with Crippen LogP contribution in [0.4, 0.5) is 13.2 Å². The van der Waals surface area contributed by atoms with Crippen LogP contribution in [0, 0.1) is 17.5 Å². The molecule has 0 saturated heterocycles. The fourth-order valence-corrected chi connectivity index (χ4v) is 1.45. The molecule has 0 radical (unpaired) electrons. The lowest BCUT2D eigenvalue weighted by Gasteiger charge is -2.06. The topological polar surface area (TPSA) is 20.2 Å². The summed E-state index contributed by atoms with van der Waals surface area (Å²) >= 11 is 0. The summed E-state index contributed by atoms with van der Waals surface area (Å²) in [6.07, 6.45) is 0. The van der Waals surface area contributed by atoms with Crippen LogP contribution in [0.5, 0.6) is 5.75 Å². The Kier molecular flexibility index (Phi) is 2.56. The van der Waals surface area contributed by atoms with Gasteiger partial charge in [0.1, 0.15) is 11.6 Å². The smallest absolute Gasteiger partial charge is 0.166 e. The number of phenolic OH excluding ortho intramolecular Hbond substituents is 1. The van der Waals surface area contributed by atoms with Gasteiger partial charge in [0.15, 0.2) is 11.6 Å². The van der Waals surface area contributed by atoms with Gasteiger partial charge in [-0.3, -0.25) is 0 Å². The van der Waals surface area contributed by atoms with E-state index >= 15 is 0 Å². The summed E-state index contributed by atoms with van der Waals surface area (Å²) in [4.78, 5) is 0. The predicted octanol–water partition coefficient (Wildman–Crippen LogP) is 3.48. The molecular weight excluding hydrogens is 217 g/mol. The van der Waals surface area contributed by atoms with Crippen LogP contribution in [-0.2, 0) is 0 Å². The van der Waals surface area contributed by atoms with Crippen molar-refractivity contribution < 1.29 is 18.3 Å². The summed E-state index contributed by atoms with van der Waals surface area (Å²) in [5.41, 5.74) is -0.242. The Labute approximate surface area is 89.8 Å². The summed E-state index contributed by atoms with van der Waals surface area (Å²) in [7, 11) is 0. The molecule has 0 atom stereocenters. The molecule has 0 aliphatic rings. The number of benzene rings is 2. The van der Waals surface area contributed by atoms with E-state index in [4.69, 9.17) is 0 Å². The van der Waals surface area contributed by atoms with E-state index in [1.54, 1.807) is 0 Å².